The molecule has 3 aromatic rings. The fourth-order valence-electron chi connectivity index (χ4n) is 2.30. The summed E-state index contributed by atoms with van der Waals surface area (Å²) < 4.78 is 46.7. The third-order valence-electron chi connectivity index (χ3n) is 3.36. The summed E-state index contributed by atoms with van der Waals surface area (Å²) in [6.45, 7) is 5.00. The molecule has 3 aromatic heterocycles. The molecule has 3 rings (SSSR count). The molecular weight excluding hydrogens is 363 g/mol. The Labute approximate surface area is 152 Å². The quantitative estimate of drug-likeness (QED) is 0.723. The van der Waals surface area contributed by atoms with Gasteiger partial charge in [-0.25, -0.2) is 19.3 Å². The number of halogens is 3. The Balaban J connectivity index is 2.02. The number of pyridine rings is 1. The fourth-order valence-corrected chi connectivity index (χ4v) is 2.30. The van der Waals surface area contributed by atoms with Crippen molar-refractivity contribution in [3.8, 4) is 11.4 Å². The topological polar surface area (TPSA) is 81.4 Å². The first kappa shape index (κ1) is 18.6. The van der Waals surface area contributed by atoms with Crippen molar-refractivity contribution in [2.75, 3.05) is 5.32 Å². The first-order chi connectivity index (χ1) is 12.5. The van der Waals surface area contributed by atoms with E-state index < -0.39 is 23.4 Å². The van der Waals surface area contributed by atoms with Crippen LogP contribution in [0.4, 0.5) is 23.8 Å². The van der Waals surface area contributed by atoms with Crippen LogP contribution in [0.3, 0.4) is 0 Å². The third-order valence-corrected chi connectivity index (χ3v) is 3.36. The highest BCUT2D eigenvalue weighted by atomic mass is 19.4. The SMILES string of the molecule is CC(C)(C)OC(=O)Nc1cc(-c2ncc3cccn3n2)c(C(F)(F)F)cn1. The number of carbonyl (C=O) groups is 1. The Bertz CT molecular complexity index is 992. The summed E-state index contributed by atoms with van der Waals surface area (Å²) in [5.41, 5.74) is -1.45. The van der Waals surface area contributed by atoms with Gasteiger partial charge in [-0.2, -0.15) is 13.2 Å². The first-order valence-electron chi connectivity index (χ1n) is 7.91. The van der Waals surface area contributed by atoms with Crippen LogP contribution in [0.1, 0.15) is 26.3 Å². The number of alkyl halides is 3. The Morgan fingerprint density at radius 2 is 1.93 bits per heavy atom. The Kier molecular flexibility index (Phi) is 4.50. The number of amides is 1. The normalized spacial score (nSPS) is 12.2. The second kappa shape index (κ2) is 6.53. The van der Waals surface area contributed by atoms with E-state index in [2.05, 4.69) is 20.4 Å². The molecule has 3 heterocycles. The van der Waals surface area contributed by atoms with Gasteiger partial charge in [0.2, 0.25) is 0 Å². The molecule has 0 aliphatic rings. The molecule has 0 aliphatic heterocycles. The van der Waals surface area contributed by atoms with Gasteiger partial charge in [0.05, 0.1) is 17.3 Å². The van der Waals surface area contributed by atoms with E-state index in [9.17, 15) is 18.0 Å². The predicted molar refractivity (Wildman–Crippen MR) is 91.1 cm³/mol. The summed E-state index contributed by atoms with van der Waals surface area (Å²) in [5.74, 6) is -0.260. The summed E-state index contributed by atoms with van der Waals surface area (Å²) in [5, 5.41) is 6.41. The van der Waals surface area contributed by atoms with E-state index >= 15 is 0 Å². The van der Waals surface area contributed by atoms with Crippen molar-refractivity contribution < 1.29 is 22.7 Å². The molecule has 0 spiro atoms. The van der Waals surface area contributed by atoms with Gasteiger partial charge in [0, 0.05) is 18.0 Å². The minimum absolute atomic E-state index is 0.108. The first-order valence-corrected chi connectivity index (χ1v) is 7.91. The van der Waals surface area contributed by atoms with E-state index in [1.165, 1.54) is 10.7 Å². The van der Waals surface area contributed by atoms with Crippen LogP contribution in [0.25, 0.3) is 16.9 Å². The van der Waals surface area contributed by atoms with Gasteiger partial charge in [-0.1, -0.05) is 0 Å². The molecule has 0 saturated heterocycles. The van der Waals surface area contributed by atoms with Crippen molar-refractivity contribution in [1.29, 1.82) is 0 Å². The number of hydrogen-bond acceptors (Lipinski definition) is 5. The predicted octanol–water partition coefficient (Wildman–Crippen LogP) is 4.16. The molecule has 0 aliphatic carbocycles. The molecule has 0 unspecified atom stereocenters. The minimum atomic E-state index is -4.66. The highest BCUT2D eigenvalue weighted by Crippen LogP contribution is 2.36. The van der Waals surface area contributed by atoms with Crippen LogP contribution in [-0.2, 0) is 10.9 Å². The monoisotopic (exact) mass is 379 g/mol. The molecule has 10 heteroatoms. The summed E-state index contributed by atoms with van der Waals surface area (Å²) in [7, 11) is 0. The van der Waals surface area contributed by atoms with Gasteiger partial charge in [0.15, 0.2) is 5.82 Å². The van der Waals surface area contributed by atoms with Crippen molar-refractivity contribution in [1.82, 2.24) is 19.6 Å². The van der Waals surface area contributed by atoms with Crippen LogP contribution < -0.4 is 5.32 Å². The number of hydrogen-bond donors (Lipinski definition) is 1. The van der Waals surface area contributed by atoms with E-state index in [4.69, 9.17) is 4.74 Å². The van der Waals surface area contributed by atoms with Gasteiger partial charge in [-0.3, -0.25) is 5.32 Å². The molecule has 0 aromatic carbocycles. The molecule has 0 fully saturated rings. The lowest BCUT2D eigenvalue weighted by Gasteiger charge is -2.20. The molecular formula is C17H16F3N5O2. The maximum atomic E-state index is 13.4. The van der Waals surface area contributed by atoms with E-state index in [1.54, 1.807) is 39.1 Å². The smallest absolute Gasteiger partial charge is 0.418 e. The van der Waals surface area contributed by atoms with Crippen LogP contribution in [-0.4, -0.2) is 31.3 Å². The molecule has 1 amide bonds. The van der Waals surface area contributed by atoms with Crippen LogP contribution in [0.2, 0.25) is 0 Å². The molecule has 142 valence electrons. The molecule has 0 bridgehead atoms. The van der Waals surface area contributed by atoms with Gasteiger partial charge in [0.25, 0.3) is 0 Å². The third kappa shape index (κ3) is 4.33. The molecule has 27 heavy (non-hydrogen) atoms. The number of nitrogens with one attached hydrogen (secondary N) is 1. The van der Waals surface area contributed by atoms with Gasteiger partial charge in [-0.15, -0.1) is 5.10 Å². The van der Waals surface area contributed by atoms with E-state index in [0.29, 0.717) is 11.7 Å². The lowest BCUT2D eigenvalue weighted by Crippen LogP contribution is -2.27. The number of aromatic nitrogens is 4. The molecule has 7 nitrogen and oxygen atoms in total. The lowest BCUT2D eigenvalue weighted by molar-refractivity contribution is -0.137. The maximum absolute atomic E-state index is 13.4. The fraction of sp³-hybridized carbons (Fsp3) is 0.294. The number of ether oxygens (including phenoxy) is 1. The Morgan fingerprint density at radius 3 is 2.59 bits per heavy atom. The highest BCUT2D eigenvalue weighted by molar-refractivity contribution is 5.84. The Morgan fingerprint density at radius 1 is 1.19 bits per heavy atom. The van der Waals surface area contributed by atoms with Crippen molar-refractivity contribution >= 4 is 17.4 Å². The summed E-state index contributed by atoms with van der Waals surface area (Å²) >= 11 is 0. The summed E-state index contributed by atoms with van der Waals surface area (Å²) in [6.07, 6.45) is -1.87. The van der Waals surface area contributed by atoms with Gasteiger partial charge in [-0.05, 0) is 39.0 Å². The zero-order chi connectivity index (χ0) is 19.8. The number of rotatable bonds is 2. The van der Waals surface area contributed by atoms with Gasteiger partial charge in [0.1, 0.15) is 11.4 Å². The van der Waals surface area contributed by atoms with Crippen molar-refractivity contribution in [2.45, 2.75) is 32.5 Å². The summed E-state index contributed by atoms with van der Waals surface area (Å²) in [4.78, 5) is 19.5. The van der Waals surface area contributed by atoms with E-state index in [0.717, 1.165) is 6.07 Å². The number of carbonyl (C=O) groups excluding carboxylic acids is 1. The molecule has 0 radical (unpaired) electrons. The van der Waals surface area contributed by atoms with Crippen LogP contribution in [0.5, 0.6) is 0 Å². The average Bonchev–Trinajstić information content (AvgIpc) is 2.99. The second-order valence-corrected chi connectivity index (χ2v) is 6.70. The number of fused-ring (bicyclic) bond motifs is 1. The standard InChI is InChI=1S/C17H16F3N5O2/c1-16(2,3)27-15(26)23-13-7-11(12(9-21-13)17(18,19)20)14-22-8-10-5-4-6-25(10)24-14/h4-9H,1-3H3,(H,21,23,26). The Hall–Kier alpha value is -3.17. The van der Waals surface area contributed by atoms with Gasteiger partial charge < -0.3 is 4.74 Å². The van der Waals surface area contributed by atoms with Crippen LogP contribution in [0.15, 0.2) is 36.8 Å². The number of nitrogens with zero attached hydrogens (tertiary/aromatic N) is 4. The molecule has 0 saturated carbocycles. The zero-order valence-electron chi connectivity index (χ0n) is 14.7. The van der Waals surface area contributed by atoms with Crippen molar-refractivity contribution in [3.05, 3.63) is 42.4 Å². The lowest BCUT2D eigenvalue weighted by atomic mass is 10.1. The van der Waals surface area contributed by atoms with Crippen LogP contribution in [0, 0.1) is 0 Å². The second-order valence-electron chi connectivity index (χ2n) is 6.70. The van der Waals surface area contributed by atoms with Crippen molar-refractivity contribution in [3.63, 3.8) is 0 Å². The zero-order valence-corrected chi connectivity index (χ0v) is 14.7. The van der Waals surface area contributed by atoms with E-state index in [1.807, 2.05) is 0 Å². The molecule has 1 N–H and O–H groups in total. The highest BCUT2D eigenvalue weighted by Gasteiger charge is 2.35. The minimum Gasteiger partial charge on any atom is -0.444 e. The van der Waals surface area contributed by atoms with Crippen molar-refractivity contribution in [2.24, 2.45) is 0 Å². The largest absolute Gasteiger partial charge is 0.444 e. The summed E-state index contributed by atoms with van der Waals surface area (Å²) in [6, 6.07) is 4.48. The number of anilines is 1. The van der Waals surface area contributed by atoms with Crippen LogP contribution >= 0.6 is 0 Å². The maximum Gasteiger partial charge on any atom is 0.418 e. The van der Waals surface area contributed by atoms with E-state index in [-0.39, 0.29) is 17.2 Å². The van der Waals surface area contributed by atoms with Gasteiger partial charge >= 0.3 is 12.3 Å². The molecule has 0 atom stereocenters. The average molecular weight is 379 g/mol.